The summed E-state index contributed by atoms with van der Waals surface area (Å²) in [4.78, 5) is 16.7. The van der Waals surface area contributed by atoms with E-state index in [9.17, 15) is 9.90 Å². The largest absolute Gasteiger partial charge is 0.391 e. The van der Waals surface area contributed by atoms with E-state index >= 15 is 0 Å². The van der Waals surface area contributed by atoms with Crippen molar-refractivity contribution in [2.24, 2.45) is 0 Å². The number of nitrogens with zero attached hydrogens (tertiary/aromatic N) is 1. The molecule has 2 atom stereocenters. The highest BCUT2D eigenvalue weighted by atomic mass is 16.3. The Morgan fingerprint density at radius 1 is 1.38 bits per heavy atom. The maximum atomic E-state index is 12.4. The van der Waals surface area contributed by atoms with Gasteiger partial charge in [-0.2, -0.15) is 0 Å². The van der Waals surface area contributed by atoms with E-state index in [0.29, 0.717) is 5.56 Å². The van der Waals surface area contributed by atoms with E-state index in [-0.39, 0.29) is 11.9 Å². The van der Waals surface area contributed by atoms with Gasteiger partial charge in [0.15, 0.2) is 0 Å². The van der Waals surface area contributed by atoms with E-state index in [1.807, 2.05) is 6.92 Å². The van der Waals surface area contributed by atoms with E-state index < -0.39 is 6.10 Å². The molecule has 21 heavy (non-hydrogen) atoms. The SMILES string of the molecule is CCCNc1cc(C(=O)NC2CCCCC2O)cc(C)n1. The molecule has 0 aromatic carbocycles. The van der Waals surface area contributed by atoms with Crippen LogP contribution in [0, 0.1) is 6.92 Å². The Kier molecular flexibility index (Phi) is 5.56. The van der Waals surface area contributed by atoms with Crippen LogP contribution in [0.3, 0.4) is 0 Å². The Balaban J connectivity index is 2.05. The third kappa shape index (κ3) is 4.43. The van der Waals surface area contributed by atoms with Crippen molar-refractivity contribution in [1.82, 2.24) is 10.3 Å². The van der Waals surface area contributed by atoms with Crippen molar-refractivity contribution in [3.63, 3.8) is 0 Å². The lowest BCUT2D eigenvalue weighted by atomic mass is 9.92. The number of aliphatic hydroxyl groups excluding tert-OH is 1. The molecule has 0 saturated heterocycles. The molecule has 5 nitrogen and oxygen atoms in total. The van der Waals surface area contributed by atoms with E-state index in [1.54, 1.807) is 12.1 Å². The molecule has 116 valence electrons. The topological polar surface area (TPSA) is 74.2 Å². The summed E-state index contributed by atoms with van der Waals surface area (Å²) < 4.78 is 0. The molecule has 1 aromatic rings. The van der Waals surface area contributed by atoms with Crippen LogP contribution in [0.25, 0.3) is 0 Å². The molecule has 1 aliphatic rings. The minimum atomic E-state index is -0.427. The van der Waals surface area contributed by atoms with Crippen molar-refractivity contribution in [3.8, 4) is 0 Å². The van der Waals surface area contributed by atoms with Crippen molar-refractivity contribution in [2.75, 3.05) is 11.9 Å². The minimum absolute atomic E-state index is 0.133. The van der Waals surface area contributed by atoms with Crippen molar-refractivity contribution < 1.29 is 9.90 Å². The summed E-state index contributed by atoms with van der Waals surface area (Å²) >= 11 is 0. The Morgan fingerprint density at radius 2 is 2.14 bits per heavy atom. The molecule has 1 aromatic heterocycles. The summed E-state index contributed by atoms with van der Waals surface area (Å²) in [6, 6.07) is 3.42. The number of aromatic nitrogens is 1. The summed E-state index contributed by atoms with van der Waals surface area (Å²) in [5.74, 6) is 0.595. The number of nitrogens with one attached hydrogen (secondary N) is 2. The number of aryl methyl sites for hydroxylation is 1. The van der Waals surface area contributed by atoms with Crippen LogP contribution in [0.15, 0.2) is 12.1 Å². The first kappa shape index (κ1) is 15.8. The number of aliphatic hydroxyl groups is 1. The van der Waals surface area contributed by atoms with Gasteiger partial charge >= 0.3 is 0 Å². The van der Waals surface area contributed by atoms with Crippen molar-refractivity contribution >= 4 is 11.7 Å². The summed E-state index contributed by atoms with van der Waals surface area (Å²) in [7, 11) is 0. The highest BCUT2D eigenvalue weighted by Crippen LogP contribution is 2.19. The van der Waals surface area contributed by atoms with Crippen molar-refractivity contribution in [3.05, 3.63) is 23.4 Å². The second-order valence-electron chi connectivity index (χ2n) is 5.74. The Labute approximate surface area is 126 Å². The van der Waals surface area contributed by atoms with Gasteiger partial charge in [0.2, 0.25) is 0 Å². The number of carbonyl (C=O) groups excluding carboxylic acids is 1. The van der Waals surface area contributed by atoms with Gasteiger partial charge in [0.05, 0.1) is 12.1 Å². The molecule has 1 aliphatic carbocycles. The quantitative estimate of drug-likeness (QED) is 0.778. The molecule has 1 saturated carbocycles. The molecule has 2 rings (SSSR count). The summed E-state index contributed by atoms with van der Waals surface area (Å²) in [6.45, 7) is 4.79. The lowest BCUT2D eigenvalue weighted by molar-refractivity contribution is 0.0717. The number of carbonyl (C=O) groups is 1. The lowest BCUT2D eigenvalue weighted by Crippen LogP contribution is -2.45. The molecular formula is C16H25N3O2. The summed E-state index contributed by atoms with van der Waals surface area (Å²) in [5, 5.41) is 16.1. The Bertz CT molecular complexity index is 490. The van der Waals surface area contributed by atoms with Crippen LogP contribution in [0.2, 0.25) is 0 Å². The Morgan fingerprint density at radius 3 is 2.86 bits per heavy atom. The van der Waals surface area contributed by atoms with Gasteiger partial charge in [-0.05, 0) is 38.3 Å². The van der Waals surface area contributed by atoms with Gasteiger partial charge in [0, 0.05) is 17.8 Å². The first-order valence-electron chi connectivity index (χ1n) is 7.81. The van der Waals surface area contributed by atoms with Crippen LogP contribution < -0.4 is 10.6 Å². The number of rotatable bonds is 5. The molecule has 0 bridgehead atoms. The second-order valence-corrected chi connectivity index (χ2v) is 5.74. The molecular weight excluding hydrogens is 266 g/mol. The van der Waals surface area contributed by atoms with Gasteiger partial charge in [-0.25, -0.2) is 4.98 Å². The van der Waals surface area contributed by atoms with Gasteiger partial charge < -0.3 is 15.7 Å². The molecule has 1 amide bonds. The standard InChI is InChI=1S/C16H25N3O2/c1-3-8-17-15-10-12(9-11(2)18-15)16(21)19-13-6-4-5-7-14(13)20/h9-10,13-14,20H,3-8H2,1-2H3,(H,17,18)(H,19,21). The summed E-state index contributed by atoms with van der Waals surface area (Å²) in [5.41, 5.74) is 1.41. The monoisotopic (exact) mass is 291 g/mol. The molecule has 2 unspecified atom stereocenters. The first-order valence-corrected chi connectivity index (χ1v) is 7.81. The molecule has 3 N–H and O–H groups in total. The molecule has 1 fully saturated rings. The fourth-order valence-electron chi connectivity index (χ4n) is 2.67. The first-order chi connectivity index (χ1) is 10.1. The predicted molar refractivity (Wildman–Crippen MR) is 83.5 cm³/mol. The van der Waals surface area contributed by atoms with Crippen LogP contribution in [0.4, 0.5) is 5.82 Å². The van der Waals surface area contributed by atoms with Crippen LogP contribution in [-0.2, 0) is 0 Å². The maximum absolute atomic E-state index is 12.4. The number of amides is 1. The van der Waals surface area contributed by atoms with E-state index in [1.165, 1.54) is 0 Å². The average Bonchev–Trinajstić information content (AvgIpc) is 2.47. The third-order valence-electron chi connectivity index (χ3n) is 3.82. The van der Waals surface area contributed by atoms with E-state index in [0.717, 1.165) is 50.2 Å². The van der Waals surface area contributed by atoms with Gasteiger partial charge in [-0.15, -0.1) is 0 Å². The summed E-state index contributed by atoms with van der Waals surface area (Å²) in [6.07, 6.45) is 4.28. The van der Waals surface area contributed by atoms with Gasteiger partial charge in [0.1, 0.15) is 5.82 Å². The third-order valence-corrected chi connectivity index (χ3v) is 3.82. The zero-order chi connectivity index (χ0) is 15.2. The van der Waals surface area contributed by atoms with Gasteiger partial charge in [-0.1, -0.05) is 19.8 Å². The fourth-order valence-corrected chi connectivity index (χ4v) is 2.67. The van der Waals surface area contributed by atoms with Crippen molar-refractivity contribution in [2.45, 2.75) is 58.1 Å². The fraction of sp³-hybridized carbons (Fsp3) is 0.625. The minimum Gasteiger partial charge on any atom is -0.391 e. The zero-order valence-corrected chi connectivity index (χ0v) is 12.9. The van der Waals surface area contributed by atoms with Crippen LogP contribution in [0.5, 0.6) is 0 Å². The normalized spacial score (nSPS) is 21.9. The molecule has 5 heteroatoms. The van der Waals surface area contributed by atoms with E-state index in [2.05, 4.69) is 22.5 Å². The number of hydrogen-bond acceptors (Lipinski definition) is 4. The number of pyridine rings is 1. The molecule has 0 aliphatic heterocycles. The maximum Gasteiger partial charge on any atom is 0.251 e. The van der Waals surface area contributed by atoms with Gasteiger partial charge in [-0.3, -0.25) is 4.79 Å². The van der Waals surface area contributed by atoms with Crippen LogP contribution in [-0.4, -0.2) is 34.7 Å². The molecule has 1 heterocycles. The molecule has 0 radical (unpaired) electrons. The van der Waals surface area contributed by atoms with Gasteiger partial charge in [0.25, 0.3) is 5.91 Å². The van der Waals surface area contributed by atoms with Crippen LogP contribution >= 0.6 is 0 Å². The Hall–Kier alpha value is -1.62. The highest BCUT2D eigenvalue weighted by Gasteiger charge is 2.25. The van der Waals surface area contributed by atoms with Crippen molar-refractivity contribution in [1.29, 1.82) is 0 Å². The van der Waals surface area contributed by atoms with Crippen LogP contribution in [0.1, 0.15) is 55.1 Å². The second kappa shape index (κ2) is 7.41. The smallest absolute Gasteiger partial charge is 0.251 e. The number of anilines is 1. The zero-order valence-electron chi connectivity index (χ0n) is 12.9. The molecule has 0 spiro atoms. The predicted octanol–water partition coefficient (Wildman–Crippen LogP) is 2.25. The average molecular weight is 291 g/mol. The highest BCUT2D eigenvalue weighted by molar-refractivity contribution is 5.95. The number of hydrogen-bond donors (Lipinski definition) is 3. The van der Waals surface area contributed by atoms with E-state index in [4.69, 9.17) is 0 Å². The lowest BCUT2D eigenvalue weighted by Gasteiger charge is -2.28.